The van der Waals surface area contributed by atoms with Gasteiger partial charge in [0.2, 0.25) is 11.7 Å². The summed E-state index contributed by atoms with van der Waals surface area (Å²) in [6.45, 7) is 2.51. The van der Waals surface area contributed by atoms with Crippen molar-refractivity contribution in [3.05, 3.63) is 76.8 Å². The molecule has 0 aliphatic heterocycles. The topological polar surface area (TPSA) is 80.1 Å². The Labute approximate surface area is 174 Å². The van der Waals surface area contributed by atoms with E-state index in [-0.39, 0.29) is 24.7 Å². The minimum atomic E-state index is -0.417. The Hall–Kier alpha value is -3.19. The summed E-state index contributed by atoms with van der Waals surface area (Å²) in [5.74, 6) is 0.169. The predicted octanol–water partition coefficient (Wildman–Crippen LogP) is 3.01. The molecule has 1 aromatic heterocycles. The van der Waals surface area contributed by atoms with Crippen molar-refractivity contribution in [2.75, 3.05) is 13.6 Å². The van der Waals surface area contributed by atoms with Crippen LogP contribution in [0.4, 0.5) is 0 Å². The molecule has 0 aliphatic carbocycles. The van der Waals surface area contributed by atoms with E-state index in [1.165, 1.54) is 0 Å². The van der Waals surface area contributed by atoms with Gasteiger partial charge < -0.3 is 10.2 Å². The van der Waals surface area contributed by atoms with Gasteiger partial charge in [-0.15, -0.1) is 5.10 Å². The molecule has 3 rings (SSSR count). The van der Waals surface area contributed by atoms with E-state index in [4.69, 9.17) is 11.6 Å². The summed E-state index contributed by atoms with van der Waals surface area (Å²) in [6.07, 6.45) is 0.200. The molecule has 1 heterocycles. The number of halogens is 1. The van der Waals surface area contributed by atoms with Gasteiger partial charge >= 0.3 is 0 Å². The van der Waals surface area contributed by atoms with Crippen LogP contribution >= 0.6 is 11.6 Å². The van der Waals surface area contributed by atoms with Crippen LogP contribution in [-0.2, 0) is 11.3 Å². The molecule has 0 saturated heterocycles. The van der Waals surface area contributed by atoms with E-state index in [0.29, 0.717) is 17.4 Å². The third-order valence-corrected chi connectivity index (χ3v) is 4.61. The second-order valence-electron chi connectivity index (χ2n) is 6.61. The number of hydrogen-bond acceptors (Lipinski definition) is 4. The van der Waals surface area contributed by atoms with Gasteiger partial charge in [-0.3, -0.25) is 9.59 Å². The van der Waals surface area contributed by atoms with E-state index >= 15 is 0 Å². The molecule has 7 nitrogen and oxygen atoms in total. The highest BCUT2D eigenvalue weighted by Crippen LogP contribution is 2.14. The summed E-state index contributed by atoms with van der Waals surface area (Å²) >= 11 is 5.90. The predicted molar refractivity (Wildman–Crippen MR) is 111 cm³/mol. The molecule has 2 amide bonds. The zero-order valence-electron chi connectivity index (χ0n) is 16.3. The molecule has 0 radical (unpaired) electrons. The molecule has 2 aromatic carbocycles. The number of rotatable bonds is 7. The van der Waals surface area contributed by atoms with Gasteiger partial charge in [-0.25, -0.2) is 9.67 Å². The fourth-order valence-corrected chi connectivity index (χ4v) is 2.94. The molecule has 8 heteroatoms. The SMILES string of the molecule is Cc1nc(C(=O)NCCC(=O)N(C)Cc2ccccc2)nn1-c1ccc(Cl)cc1. The molecule has 0 aliphatic rings. The number of carbonyl (C=O) groups is 2. The smallest absolute Gasteiger partial charge is 0.290 e. The summed E-state index contributed by atoms with van der Waals surface area (Å²) in [6, 6.07) is 16.8. The zero-order chi connectivity index (χ0) is 20.8. The van der Waals surface area contributed by atoms with Crippen LogP contribution < -0.4 is 5.32 Å². The molecule has 0 saturated carbocycles. The van der Waals surface area contributed by atoms with E-state index in [2.05, 4.69) is 15.4 Å². The average molecular weight is 412 g/mol. The van der Waals surface area contributed by atoms with Gasteiger partial charge in [0.15, 0.2) is 0 Å². The van der Waals surface area contributed by atoms with Crippen molar-refractivity contribution in [1.82, 2.24) is 25.0 Å². The Kier molecular flexibility index (Phi) is 6.61. The van der Waals surface area contributed by atoms with Crippen LogP contribution in [0.1, 0.15) is 28.4 Å². The highest BCUT2D eigenvalue weighted by Gasteiger charge is 2.16. The molecule has 0 unspecified atom stereocenters. The van der Waals surface area contributed by atoms with Crippen LogP contribution in [0.3, 0.4) is 0 Å². The van der Waals surface area contributed by atoms with Crippen molar-refractivity contribution in [3.63, 3.8) is 0 Å². The Bertz CT molecular complexity index is 986. The summed E-state index contributed by atoms with van der Waals surface area (Å²) in [4.78, 5) is 30.5. The molecular formula is C21H22ClN5O2. The maximum atomic E-state index is 12.3. The minimum absolute atomic E-state index is 0.0509. The maximum absolute atomic E-state index is 12.3. The lowest BCUT2D eigenvalue weighted by Crippen LogP contribution is -2.32. The number of carbonyl (C=O) groups excluding carboxylic acids is 2. The number of benzene rings is 2. The second kappa shape index (κ2) is 9.34. The summed E-state index contributed by atoms with van der Waals surface area (Å²) < 4.78 is 1.57. The number of aryl methyl sites for hydroxylation is 1. The Morgan fingerprint density at radius 1 is 1.10 bits per heavy atom. The van der Waals surface area contributed by atoms with Gasteiger partial charge in [0, 0.05) is 31.6 Å². The van der Waals surface area contributed by atoms with Gasteiger partial charge in [0.25, 0.3) is 5.91 Å². The second-order valence-corrected chi connectivity index (χ2v) is 7.05. The third kappa shape index (κ3) is 5.42. The number of amides is 2. The Balaban J connectivity index is 1.52. The molecule has 150 valence electrons. The van der Waals surface area contributed by atoms with Crippen molar-refractivity contribution in [2.24, 2.45) is 0 Å². The Morgan fingerprint density at radius 3 is 2.48 bits per heavy atom. The van der Waals surface area contributed by atoms with Crippen molar-refractivity contribution in [1.29, 1.82) is 0 Å². The largest absolute Gasteiger partial charge is 0.349 e. The van der Waals surface area contributed by atoms with Gasteiger partial charge in [0.1, 0.15) is 5.82 Å². The Morgan fingerprint density at radius 2 is 1.79 bits per heavy atom. The fourth-order valence-electron chi connectivity index (χ4n) is 2.81. The van der Waals surface area contributed by atoms with Crippen LogP contribution in [0.5, 0.6) is 0 Å². The average Bonchev–Trinajstić information content (AvgIpc) is 3.11. The first-order valence-corrected chi connectivity index (χ1v) is 9.57. The number of nitrogens with one attached hydrogen (secondary N) is 1. The first-order chi connectivity index (χ1) is 13.9. The molecule has 3 aromatic rings. The van der Waals surface area contributed by atoms with Gasteiger partial charge in [-0.2, -0.15) is 0 Å². The molecule has 0 atom stereocenters. The molecule has 29 heavy (non-hydrogen) atoms. The first kappa shape index (κ1) is 20.5. The highest BCUT2D eigenvalue weighted by atomic mass is 35.5. The normalized spacial score (nSPS) is 10.6. The quantitative estimate of drug-likeness (QED) is 0.648. The van der Waals surface area contributed by atoms with Crippen LogP contribution in [0.2, 0.25) is 5.02 Å². The van der Waals surface area contributed by atoms with Crippen LogP contribution in [0, 0.1) is 6.92 Å². The van der Waals surface area contributed by atoms with E-state index in [0.717, 1.165) is 11.3 Å². The third-order valence-electron chi connectivity index (χ3n) is 4.36. The van der Waals surface area contributed by atoms with E-state index < -0.39 is 5.91 Å². The maximum Gasteiger partial charge on any atom is 0.290 e. The lowest BCUT2D eigenvalue weighted by Gasteiger charge is -2.17. The lowest BCUT2D eigenvalue weighted by atomic mass is 10.2. The molecule has 1 N–H and O–H groups in total. The van der Waals surface area contributed by atoms with Gasteiger partial charge in [-0.1, -0.05) is 41.9 Å². The van der Waals surface area contributed by atoms with Crippen molar-refractivity contribution in [2.45, 2.75) is 19.9 Å². The van der Waals surface area contributed by atoms with E-state index in [1.807, 2.05) is 30.3 Å². The van der Waals surface area contributed by atoms with E-state index in [9.17, 15) is 9.59 Å². The van der Waals surface area contributed by atoms with Crippen molar-refractivity contribution >= 4 is 23.4 Å². The first-order valence-electron chi connectivity index (χ1n) is 9.20. The minimum Gasteiger partial charge on any atom is -0.349 e. The molecule has 0 fully saturated rings. The number of nitrogens with zero attached hydrogens (tertiary/aromatic N) is 4. The zero-order valence-corrected chi connectivity index (χ0v) is 17.1. The van der Waals surface area contributed by atoms with Crippen molar-refractivity contribution in [3.8, 4) is 5.69 Å². The number of aromatic nitrogens is 3. The summed E-state index contributed by atoms with van der Waals surface area (Å²) in [5, 5.41) is 7.57. The standard InChI is InChI=1S/C21H22ClN5O2/c1-15-24-20(25-27(15)18-10-8-17(22)9-11-18)21(29)23-13-12-19(28)26(2)14-16-6-4-3-5-7-16/h3-11H,12-14H2,1-2H3,(H,23,29). The monoisotopic (exact) mass is 411 g/mol. The lowest BCUT2D eigenvalue weighted by molar-refractivity contribution is -0.130. The van der Waals surface area contributed by atoms with Crippen LogP contribution in [0.25, 0.3) is 5.69 Å². The number of hydrogen-bond donors (Lipinski definition) is 1. The van der Waals surface area contributed by atoms with E-state index in [1.54, 1.807) is 47.8 Å². The van der Waals surface area contributed by atoms with Gasteiger partial charge in [0.05, 0.1) is 5.69 Å². The van der Waals surface area contributed by atoms with Crippen LogP contribution in [0.15, 0.2) is 54.6 Å². The molecular weight excluding hydrogens is 390 g/mol. The van der Waals surface area contributed by atoms with Crippen LogP contribution in [-0.4, -0.2) is 45.1 Å². The fraction of sp³-hybridized carbons (Fsp3) is 0.238. The summed E-state index contributed by atoms with van der Waals surface area (Å²) in [5.41, 5.74) is 1.82. The highest BCUT2D eigenvalue weighted by molar-refractivity contribution is 6.30. The summed E-state index contributed by atoms with van der Waals surface area (Å²) in [7, 11) is 1.75. The molecule has 0 bridgehead atoms. The van der Waals surface area contributed by atoms with Gasteiger partial charge in [-0.05, 0) is 36.8 Å². The molecule has 0 spiro atoms. The van der Waals surface area contributed by atoms with Crippen molar-refractivity contribution < 1.29 is 9.59 Å².